The zero-order chi connectivity index (χ0) is 52.9. The first kappa shape index (κ1) is 69.6. The van der Waals surface area contributed by atoms with Gasteiger partial charge in [0.25, 0.3) is 0 Å². The molecule has 1 atom stereocenters. The first-order valence-electron chi connectivity index (χ1n) is 31.1. The summed E-state index contributed by atoms with van der Waals surface area (Å²) in [6, 6.07) is 0. The third kappa shape index (κ3) is 59.3. The highest BCUT2D eigenvalue weighted by atomic mass is 16.6. The van der Waals surface area contributed by atoms with E-state index in [1.54, 1.807) is 0 Å². The number of unbranched alkanes of at least 4 members (excludes halogenated alkanes) is 31. The Morgan fingerprint density at radius 1 is 0.288 bits per heavy atom. The van der Waals surface area contributed by atoms with Crippen molar-refractivity contribution in [2.24, 2.45) is 0 Å². The molecule has 0 aliphatic heterocycles. The van der Waals surface area contributed by atoms with E-state index < -0.39 is 6.10 Å². The van der Waals surface area contributed by atoms with Crippen molar-refractivity contribution in [3.8, 4) is 0 Å². The normalized spacial score (nSPS) is 12.6. The van der Waals surface area contributed by atoms with Crippen molar-refractivity contribution in [1.82, 2.24) is 0 Å². The zero-order valence-electron chi connectivity index (χ0n) is 48.1. The molecule has 0 aliphatic rings. The number of hydrogen-bond acceptors (Lipinski definition) is 6. The summed E-state index contributed by atoms with van der Waals surface area (Å²) in [5, 5.41) is 0. The molecule has 73 heavy (non-hydrogen) atoms. The Bertz CT molecular complexity index is 1400. The summed E-state index contributed by atoms with van der Waals surface area (Å²) < 4.78 is 16.8. The molecule has 0 bridgehead atoms. The first-order chi connectivity index (χ1) is 36.0. The molecule has 6 nitrogen and oxygen atoms in total. The molecule has 0 amide bonds. The van der Waals surface area contributed by atoms with Gasteiger partial charge in [-0.2, -0.15) is 0 Å². The second kappa shape index (κ2) is 61.1. The molecule has 0 fully saturated rings. The Labute approximate surface area is 452 Å². The van der Waals surface area contributed by atoms with Crippen LogP contribution < -0.4 is 0 Å². The van der Waals surface area contributed by atoms with Crippen LogP contribution in [0.3, 0.4) is 0 Å². The second-order valence-electron chi connectivity index (χ2n) is 20.6. The molecule has 0 saturated carbocycles. The van der Waals surface area contributed by atoms with Crippen molar-refractivity contribution in [2.75, 3.05) is 13.2 Å². The average molecular weight is 1020 g/mol. The van der Waals surface area contributed by atoms with Crippen LogP contribution in [0.25, 0.3) is 0 Å². The van der Waals surface area contributed by atoms with Gasteiger partial charge < -0.3 is 14.2 Å². The number of allylic oxidation sites excluding steroid dienone is 14. The summed E-state index contributed by atoms with van der Waals surface area (Å²) in [7, 11) is 0. The average Bonchev–Trinajstić information content (AvgIpc) is 3.39. The van der Waals surface area contributed by atoms with Gasteiger partial charge in [0, 0.05) is 19.3 Å². The maximum Gasteiger partial charge on any atom is 0.306 e. The summed E-state index contributed by atoms with van der Waals surface area (Å²) in [5.41, 5.74) is 0. The van der Waals surface area contributed by atoms with Gasteiger partial charge in [0.2, 0.25) is 0 Å². The van der Waals surface area contributed by atoms with Crippen molar-refractivity contribution >= 4 is 17.9 Å². The molecule has 0 spiro atoms. The molecule has 420 valence electrons. The molecule has 6 heteroatoms. The molecule has 0 rings (SSSR count). The standard InChI is InChI=1S/C67H116O6/c1-4-7-10-13-16-19-21-23-25-27-28-29-30-31-32-33-34-35-36-37-38-40-41-43-45-48-51-54-57-60-66(69)72-63-64(62-71-65(68)59-56-53-50-47-18-15-12-9-6-3)73-67(70)61-58-55-52-49-46-44-42-39-26-24-22-20-17-14-11-8-5-2/h8,11,17,20-21,23-24,26-28,30-31,42,44,64H,4-7,9-10,12-16,18-19,22,25,29,32-41,43,45-63H2,1-3H3/b11-8-,20-17-,23-21-,26-24-,28-27-,31-30-,44-42-. The van der Waals surface area contributed by atoms with Crippen LogP contribution in [0.1, 0.15) is 303 Å². The molecule has 0 aliphatic carbocycles. The van der Waals surface area contributed by atoms with Crippen molar-refractivity contribution in [1.29, 1.82) is 0 Å². The highest BCUT2D eigenvalue weighted by Crippen LogP contribution is 2.16. The van der Waals surface area contributed by atoms with Crippen molar-refractivity contribution in [3.05, 3.63) is 85.1 Å². The summed E-state index contributed by atoms with van der Waals surface area (Å²) in [6.07, 6.45) is 80.3. The van der Waals surface area contributed by atoms with E-state index in [1.165, 1.54) is 154 Å². The fraction of sp³-hybridized carbons (Fsp3) is 0.746. The van der Waals surface area contributed by atoms with Crippen LogP contribution in [0.2, 0.25) is 0 Å². The van der Waals surface area contributed by atoms with Gasteiger partial charge in [-0.1, -0.05) is 273 Å². The Balaban J connectivity index is 4.18. The number of hydrogen-bond donors (Lipinski definition) is 0. The quantitative estimate of drug-likeness (QED) is 0.0261. The fourth-order valence-electron chi connectivity index (χ4n) is 8.74. The predicted molar refractivity (Wildman–Crippen MR) is 316 cm³/mol. The maximum atomic E-state index is 12.8. The fourth-order valence-corrected chi connectivity index (χ4v) is 8.74. The highest BCUT2D eigenvalue weighted by molar-refractivity contribution is 5.71. The van der Waals surface area contributed by atoms with Crippen LogP contribution in [0.15, 0.2) is 85.1 Å². The lowest BCUT2D eigenvalue weighted by atomic mass is 10.0. The molecule has 0 aromatic heterocycles. The molecule has 1 unspecified atom stereocenters. The number of carbonyl (C=O) groups is 3. The Morgan fingerprint density at radius 2 is 0.534 bits per heavy atom. The lowest BCUT2D eigenvalue weighted by molar-refractivity contribution is -0.167. The lowest BCUT2D eigenvalue weighted by Crippen LogP contribution is -2.30. The van der Waals surface area contributed by atoms with Crippen LogP contribution in [-0.2, 0) is 28.6 Å². The number of rotatable bonds is 56. The van der Waals surface area contributed by atoms with Crippen molar-refractivity contribution in [2.45, 2.75) is 309 Å². The van der Waals surface area contributed by atoms with E-state index in [0.717, 1.165) is 109 Å². The van der Waals surface area contributed by atoms with Crippen molar-refractivity contribution < 1.29 is 28.6 Å². The SMILES string of the molecule is CC/C=C\C/C=C\C/C=C\C/C=C\CCCCCCC(=O)OC(COC(=O)CCCCCCCCCCC)COC(=O)CCCCCCCCCCCCCCCC/C=C\C/C=C\C/C=C\CCCCCCC. The third-order valence-corrected chi connectivity index (χ3v) is 13.4. The topological polar surface area (TPSA) is 78.9 Å². The molecule has 0 aromatic carbocycles. The Hall–Kier alpha value is -3.41. The van der Waals surface area contributed by atoms with Crippen LogP contribution in [-0.4, -0.2) is 37.2 Å². The second-order valence-corrected chi connectivity index (χ2v) is 20.6. The molecule has 0 heterocycles. The molecule has 0 N–H and O–H groups in total. The first-order valence-corrected chi connectivity index (χ1v) is 31.1. The summed E-state index contributed by atoms with van der Waals surface area (Å²) in [6.45, 7) is 6.49. The van der Waals surface area contributed by atoms with E-state index in [9.17, 15) is 14.4 Å². The van der Waals surface area contributed by atoms with Crippen LogP contribution in [0, 0.1) is 0 Å². The summed E-state index contributed by atoms with van der Waals surface area (Å²) >= 11 is 0. The number of ether oxygens (including phenoxy) is 3. The minimum absolute atomic E-state index is 0.0844. The van der Waals surface area contributed by atoms with Gasteiger partial charge in [0.15, 0.2) is 6.10 Å². The van der Waals surface area contributed by atoms with Gasteiger partial charge >= 0.3 is 17.9 Å². The summed E-state index contributed by atoms with van der Waals surface area (Å²) in [4.78, 5) is 38.1. The van der Waals surface area contributed by atoms with E-state index in [2.05, 4.69) is 106 Å². The number of carbonyl (C=O) groups excluding carboxylic acids is 3. The van der Waals surface area contributed by atoms with Crippen LogP contribution in [0.4, 0.5) is 0 Å². The van der Waals surface area contributed by atoms with E-state index in [1.807, 2.05) is 0 Å². The van der Waals surface area contributed by atoms with E-state index in [0.29, 0.717) is 19.3 Å². The van der Waals surface area contributed by atoms with Gasteiger partial charge in [0.05, 0.1) is 0 Å². The van der Waals surface area contributed by atoms with Gasteiger partial charge in [-0.25, -0.2) is 0 Å². The molecular weight excluding hydrogens is 901 g/mol. The van der Waals surface area contributed by atoms with Gasteiger partial charge in [-0.15, -0.1) is 0 Å². The monoisotopic (exact) mass is 1020 g/mol. The van der Waals surface area contributed by atoms with E-state index in [4.69, 9.17) is 14.2 Å². The number of esters is 3. The highest BCUT2D eigenvalue weighted by Gasteiger charge is 2.19. The van der Waals surface area contributed by atoms with E-state index in [-0.39, 0.29) is 31.1 Å². The molecule has 0 saturated heterocycles. The van der Waals surface area contributed by atoms with Crippen LogP contribution >= 0.6 is 0 Å². The Morgan fingerprint density at radius 3 is 0.836 bits per heavy atom. The minimum Gasteiger partial charge on any atom is -0.462 e. The maximum absolute atomic E-state index is 12.8. The Kier molecular flexibility index (Phi) is 58.3. The third-order valence-electron chi connectivity index (χ3n) is 13.4. The predicted octanol–water partition coefficient (Wildman–Crippen LogP) is 21.1. The van der Waals surface area contributed by atoms with E-state index >= 15 is 0 Å². The molecular formula is C67H116O6. The van der Waals surface area contributed by atoms with Gasteiger partial charge in [-0.05, 0) is 96.3 Å². The van der Waals surface area contributed by atoms with Crippen LogP contribution in [0.5, 0.6) is 0 Å². The van der Waals surface area contributed by atoms with Gasteiger partial charge in [-0.3, -0.25) is 14.4 Å². The lowest BCUT2D eigenvalue weighted by Gasteiger charge is -2.18. The summed E-state index contributed by atoms with van der Waals surface area (Å²) in [5.74, 6) is -0.903. The van der Waals surface area contributed by atoms with Gasteiger partial charge in [0.1, 0.15) is 13.2 Å². The zero-order valence-corrected chi connectivity index (χ0v) is 48.1. The minimum atomic E-state index is -0.787. The molecule has 0 aromatic rings. The van der Waals surface area contributed by atoms with Crippen molar-refractivity contribution in [3.63, 3.8) is 0 Å². The smallest absolute Gasteiger partial charge is 0.306 e. The largest absolute Gasteiger partial charge is 0.462 e. The molecule has 0 radical (unpaired) electrons.